The predicted molar refractivity (Wildman–Crippen MR) is 176 cm³/mol. The van der Waals surface area contributed by atoms with Gasteiger partial charge in [-0.2, -0.15) is 0 Å². The van der Waals surface area contributed by atoms with Gasteiger partial charge in [-0.05, 0) is 56.6 Å². The normalized spacial score (nSPS) is 27.3. The molecule has 2 bridgehead atoms. The number of carbonyl (C=O) groups is 3. The van der Waals surface area contributed by atoms with Gasteiger partial charge in [-0.15, -0.1) is 24.9 Å². The Morgan fingerprint density at radius 3 is 2.26 bits per heavy atom. The Balaban J connectivity index is 1.83. The van der Waals surface area contributed by atoms with E-state index in [2.05, 4.69) is 47.8 Å². The summed E-state index contributed by atoms with van der Waals surface area (Å²) < 4.78 is -0.741. The van der Waals surface area contributed by atoms with Crippen molar-refractivity contribution in [3.63, 3.8) is 0 Å². The number of hydrogen-bond acceptors (Lipinski definition) is 5. The Kier molecular flexibility index (Phi) is 9.63. The van der Waals surface area contributed by atoms with Gasteiger partial charge in [0.2, 0.25) is 17.7 Å². The molecule has 3 aliphatic rings. The molecular weight excluding hydrogens is 558 g/mol. The fourth-order valence-corrected chi connectivity index (χ4v) is 10.4. The summed E-state index contributed by atoms with van der Waals surface area (Å²) in [4.78, 5) is 49.5. The van der Waals surface area contributed by atoms with Crippen molar-refractivity contribution in [1.82, 2.24) is 9.80 Å². The minimum absolute atomic E-state index is 0.0368. The minimum Gasteiger partial charge on any atom is -0.394 e. The quantitative estimate of drug-likeness (QED) is 0.315. The van der Waals surface area contributed by atoms with Crippen LogP contribution in [0.3, 0.4) is 0 Å². The first-order chi connectivity index (χ1) is 20.1. The topological polar surface area (TPSA) is 81.2 Å². The molecule has 3 saturated heterocycles. The number of likely N-dealkylation sites (tertiary alicyclic amines) is 1. The number of aliphatic hydroxyl groups is 1. The number of thioether (sulfide) groups is 1. The van der Waals surface area contributed by atoms with Gasteiger partial charge in [-0.1, -0.05) is 65.0 Å². The Morgan fingerprint density at radius 2 is 1.72 bits per heavy atom. The second-order valence-electron chi connectivity index (χ2n) is 14.7. The van der Waals surface area contributed by atoms with Crippen LogP contribution in [0.4, 0.5) is 5.69 Å². The number of carbonyl (C=O) groups excluding carboxylic acids is 3. The number of hydrogen-bond donors (Lipinski definition) is 1. The van der Waals surface area contributed by atoms with E-state index in [4.69, 9.17) is 0 Å². The number of anilines is 1. The molecule has 0 aromatic heterocycles. The summed E-state index contributed by atoms with van der Waals surface area (Å²) >= 11 is 1.67. The lowest BCUT2D eigenvalue weighted by molar-refractivity contribution is -0.150. The van der Waals surface area contributed by atoms with Crippen molar-refractivity contribution in [2.75, 3.05) is 24.6 Å². The molecule has 6 atom stereocenters. The van der Waals surface area contributed by atoms with Crippen LogP contribution >= 0.6 is 11.8 Å². The standard InChI is InChI=1S/C35H51N3O4S/c1-10-19-36(24-15-13-12-14-16-24)30(40)27-26-17-18-35(43-26)28(27)31(41)38(25(21-39)23(3)4)29(35)32(42)37(20-11-2)34(8,9)22-33(5,6)7/h10-16,23,25-29,39H,1-2,17-22H2,3-9H3/t25-,26-,27+,28-,29?,35?/m0/s1. The number of fused-ring (bicyclic) bond motifs is 1. The van der Waals surface area contributed by atoms with Crippen LogP contribution in [0.5, 0.6) is 0 Å². The van der Waals surface area contributed by atoms with Gasteiger partial charge in [-0.3, -0.25) is 14.4 Å². The third kappa shape index (κ3) is 5.94. The molecule has 1 N–H and O–H groups in total. The predicted octanol–water partition coefficient (Wildman–Crippen LogP) is 5.54. The molecule has 3 fully saturated rings. The molecule has 0 radical (unpaired) electrons. The largest absolute Gasteiger partial charge is 0.394 e. The molecule has 1 aromatic rings. The molecule has 3 aliphatic heterocycles. The summed E-state index contributed by atoms with van der Waals surface area (Å²) in [6.07, 6.45) is 5.66. The van der Waals surface area contributed by atoms with Crippen LogP contribution in [-0.2, 0) is 14.4 Å². The first-order valence-electron chi connectivity index (χ1n) is 15.7. The van der Waals surface area contributed by atoms with E-state index in [9.17, 15) is 14.7 Å². The van der Waals surface area contributed by atoms with Crippen LogP contribution in [0.15, 0.2) is 55.6 Å². The van der Waals surface area contributed by atoms with Crippen molar-refractivity contribution in [3.8, 4) is 0 Å². The van der Waals surface area contributed by atoms with Gasteiger partial charge in [0.25, 0.3) is 0 Å². The third-order valence-electron chi connectivity index (χ3n) is 9.49. The lowest BCUT2D eigenvalue weighted by Crippen LogP contribution is -2.62. The van der Waals surface area contributed by atoms with Crippen molar-refractivity contribution in [2.24, 2.45) is 23.2 Å². The number of amides is 3. The fourth-order valence-electron chi connectivity index (χ4n) is 8.17. The highest BCUT2D eigenvalue weighted by Crippen LogP contribution is 2.67. The monoisotopic (exact) mass is 609 g/mol. The van der Waals surface area contributed by atoms with Crippen LogP contribution in [0.25, 0.3) is 0 Å². The Hall–Kier alpha value is -2.58. The van der Waals surface area contributed by atoms with Crippen LogP contribution in [0.2, 0.25) is 0 Å². The highest BCUT2D eigenvalue weighted by Gasteiger charge is 2.75. The van der Waals surface area contributed by atoms with E-state index in [1.54, 1.807) is 33.7 Å². The molecule has 0 saturated carbocycles. The summed E-state index contributed by atoms with van der Waals surface area (Å²) in [5.74, 6) is -1.67. The van der Waals surface area contributed by atoms with Gasteiger partial charge in [0.05, 0.1) is 29.2 Å². The van der Waals surface area contributed by atoms with Crippen LogP contribution in [0, 0.1) is 23.2 Å². The molecule has 3 heterocycles. The average Bonchev–Trinajstić information content (AvgIpc) is 3.57. The maximum atomic E-state index is 15.0. The van der Waals surface area contributed by atoms with Gasteiger partial charge >= 0.3 is 0 Å². The molecule has 43 heavy (non-hydrogen) atoms. The number of para-hydroxylation sites is 1. The Labute approximate surface area is 262 Å². The molecule has 0 aliphatic carbocycles. The maximum absolute atomic E-state index is 15.0. The molecule has 3 amide bonds. The lowest BCUT2D eigenvalue weighted by atomic mass is 9.70. The summed E-state index contributed by atoms with van der Waals surface area (Å²) in [5, 5.41) is 10.6. The lowest BCUT2D eigenvalue weighted by Gasteiger charge is -2.47. The zero-order chi connectivity index (χ0) is 31.9. The van der Waals surface area contributed by atoms with Crippen molar-refractivity contribution < 1.29 is 19.5 Å². The first kappa shape index (κ1) is 33.3. The second kappa shape index (κ2) is 12.4. The van der Waals surface area contributed by atoms with Gasteiger partial charge < -0.3 is 19.8 Å². The van der Waals surface area contributed by atoms with Gasteiger partial charge in [0.15, 0.2) is 0 Å². The molecule has 4 rings (SSSR count). The Morgan fingerprint density at radius 1 is 1.09 bits per heavy atom. The molecule has 7 nitrogen and oxygen atoms in total. The molecule has 1 aromatic carbocycles. The van der Waals surface area contributed by atoms with E-state index in [0.29, 0.717) is 19.5 Å². The van der Waals surface area contributed by atoms with Gasteiger partial charge in [0, 0.05) is 29.6 Å². The van der Waals surface area contributed by atoms with E-state index in [1.807, 2.05) is 49.1 Å². The van der Waals surface area contributed by atoms with Crippen molar-refractivity contribution in [3.05, 3.63) is 55.6 Å². The minimum atomic E-state index is -0.777. The average molecular weight is 610 g/mol. The van der Waals surface area contributed by atoms with E-state index in [0.717, 1.165) is 18.5 Å². The number of rotatable bonds is 12. The number of benzene rings is 1. The van der Waals surface area contributed by atoms with Crippen molar-refractivity contribution >= 4 is 35.2 Å². The van der Waals surface area contributed by atoms with E-state index in [1.165, 1.54) is 0 Å². The van der Waals surface area contributed by atoms with Crippen molar-refractivity contribution in [2.45, 2.75) is 95.3 Å². The zero-order valence-electron chi connectivity index (χ0n) is 27.1. The van der Waals surface area contributed by atoms with Crippen LogP contribution < -0.4 is 4.90 Å². The number of aliphatic hydroxyl groups excluding tert-OH is 1. The SMILES string of the molecule is C=CCN(C(=O)[C@@H]1[C@@H]2CCC3(S2)C(C(=O)N(CC=C)C(C)(C)CC(C)(C)C)N([C@@H](CO)C(C)C)C(=O)[C@H]13)c1ccccc1. The van der Waals surface area contributed by atoms with Crippen LogP contribution in [-0.4, -0.2) is 79.9 Å². The highest BCUT2D eigenvalue weighted by molar-refractivity contribution is 8.02. The fraction of sp³-hybridized carbons (Fsp3) is 0.629. The van der Waals surface area contributed by atoms with Gasteiger partial charge in [-0.25, -0.2) is 0 Å². The van der Waals surface area contributed by atoms with E-state index < -0.39 is 34.2 Å². The first-order valence-corrected chi connectivity index (χ1v) is 16.5. The third-order valence-corrected chi connectivity index (χ3v) is 11.4. The summed E-state index contributed by atoms with van der Waals surface area (Å²) in [5.41, 5.74) is 0.218. The molecule has 8 heteroatoms. The second-order valence-corrected chi connectivity index (χ2v) is 16.3. The zero-order valence-corrected chi connectivity index (χ0v) is 27.9. The maximum Gasteiger partial charge on any atom is 0.247 e. The smallest absolute Gasteiger partial charge is 0.247 e. The molecule has 1 spiro atoms. The molecule has 236 valence electrons. The number of nitrogens with zero attached hydrogens (tertiary/aromatic N) is 3. The van der Waals surface area contributed by atoms with Crippen molar-refractivity contribution in [1.29, 1.82) is 0 Å². The summed E-state index contributed by atoms with van der Waals surface area (Å²) in [6, 6.07) is 8.19. The highest BCUT2D eigenvalue weighted by atomic mass is 32.2. The van der Waals surface area contributed by atoms with Gasteiger partial charge in [0.1, 0.15) is 6.04 Å². The Bertz CT molecular complexity index is 1230. The molecular formula is C35H51N3O4S. The summed E-state index contributed by atoms with van der Waals surface area (Å²) in [7, 11) is 0. The molecule has 2 unspecified atom stereocenters. The summed E-state index contributed by atoms with van der Waals surface area (Å²) in [6.45, 7) is 22.9. The van der Waals surface area contributed by atoms with Crippen LogP contribution in [0.1, 0.15) is 67.7 Å². The van der Waals surface area contributed by atoms with E-state index >= 15 is 4.79 Å². The van der Waals surface area contributed by atoms with E-state index in [-0.39, 0.29) is 40.9 Å².